The smallest absolute Gasteiger partial charge is 0.274 e. The highest BCUT2D eigenvalue weighted by Gasteiger charge is 2.51. The van der Waals surface area contributed by atoms with Crippen molar-refractivity contribution in [2.75, 3.05) is 6.54 Å². The number of nitrogens with zero attached hydrogens (tertiary/aromatic N) is 2. The number of Topliss-reactive ketones (excluding diaryl/α,β-unsaturated/α-hetero) is 1. The average molecular weight is 492 g/mol. The number of hydrazine groups is 1. The second kappa shape index (κ2) is 9.06. The van der Waals surface area contributed by atoms with Crippen molar-refractivity contribution in [3.05, 3.63) is 80.8 Å². The lowest BCUT2D eigenvalue weighted by Gasteiger charge is -2.30. The van der Waals surface area contributed by atoms with Gasteiger partial charge in [-0.15, -0.1) is 0 Å². The molecule has 9 heteroatoms. The predicted octanol–water partition coefficient (Wildman–Crippen LogP) is 4.84. The molecule has 2 aliphatic rings. The largest absolute Gasteiger partial charge is 0.292 e. The van der Waals surface area contributed by atoms with Crippen LogP contribution >= 0.6 is 34.8 Å². The molecule has 0 radical (unpaired) electrons. The van der Waals surface area contributed by atoms with Crippen molar-refractivity contribution in [3.8, 4) is 0 Å². The summed E-state index contributed by atoms with van der Waals surface area (Å²) in [6, 6.07) is 10.6. The zero-order chi connectivity index (χ0) is 23.0. The third-order valence-electron chi connectivity index (χ3n) is 5.59. The minimum Gasteiger partial charge on any atom is -0.292 e. The van der Waals surface area contributed by atoms with E-state index in [-0.39, 0.29) is 21.2 Å². The van der Waals surface area contributed by atoms with Crippen LogP contribution in [0.4, 0.5) is 0 Å². The maximum atomic E-state index is 13.4. The molecule has 32 heavy (non-hydrogen) atoms. The van der Waals surface area contributed by atoms with E-state index in [1.807, 2.05) is 12.2 Å². The van der Waals surface area contributed by atoms with E-state index in [1.54, 1.807) is 12.1 Å². The van der Waals surface area contributed by atoms with Gasteiger partial charge in [0.2, 0.25) is 0 Å². The molecule has 3 amide bonds. The number of rotatable bonds is 5. The summed E-state index contributed by atoms with van der Waals surface area (Å²) < 4.78 is 0. The molecule has 1 saturated heterocycles. The molecule has 0 N–H and O–H groups in total. The van der Waals surface area contributed by atoms with Gasteiger partial charge in [-0.25, -0.2) is 5.01 Å². The first kappa shape index (κ1) is 22.5. The highest BCUT2D eigenvalue weighted by atomic mass is 35.5. The van der Waals surface area contributed by atoms with Gasteiger partial charge in [0.25, 0.3) is 17.7 Å². The van der Waals surface area contributed by atoms with Gasteiger partial charge in [0.05, 0.1) is 27.4 Å². The number of halogens is 3. The molecule has 0 saturated carbocycles. The number of benzene rings is 2. The Hall–Kier alpha value is -2.67. The maximum absolute atomic E-state index is 13.4. The Balaban J connectivity index is 1.73. The van der Waals surface area contributed by atoms with Crippen molar-refractivity contribution in [3.63, 3.8) is 0 Å². The van der Waals surface area contributed by atoms with E-state index in [4.69, 9.17) is 34.8 Å². The molecule has 164 valence electrons. The van der Waals surface area contributed by atoms with Gasteiger partial charge in [0, 0.05) is 10.6 Å². The van der Waals surface area contributed by atoms with E-state index in [0.29, 0.717) is 17.9 Å². The standard InChI is InChI=1S/C23H17Cl3N2O4/c24-13-9-10-16(19(26)11-13)20(29)12-27(21(30)17-7-3-4-8-18(17)25)28-22(31)14-5-1-2-6-15(14)23(28)32/h1-4,7-11,14-15H,5-6,12H2/t14-,15-/m0/s1. The van der Waals surface area contributed by atoms with Crippen molar-refractivity contribution in [2.45, 2.75) is 12.8 Å². The van der Waals surface area contributed by atoms with Crippen molar-refractivity contribution >= 4 is 58.3 Å². The Morgan fingerprint density at radius 1 is 0.875 bits per heavy atom. The van der Waals surface area contributed by atoms with Crippen molar-refractivity contribution in [2.24, 2.45) is 11.8 Å². The summed E-state index contributed by atoms with van der Waals surface area (Å²) in [6.45, 7) is -0.574. The van der Waals surface area contributed by atoms with Gasteiger partial charge in [0.1, 0.15) is 6.54 Å². The third-order valence-corrected chi connectivity index (χ3v) is 6.47. The molecule has 0 unspecified atom stereocenters. The number of carbonyl (C=O) groups is 4. The zero-order valence-corrected chi connectivity index (χ0v) is 18.9. The summed E-state index contributed by atoms with van der Waals surface area (Å²) >= 11 is 18.3. The number of imide groups is 1. The fourth-order valence-electron chi connectivity index (χ4n) is 3.96. The SMILES string of the molecule is O=C(CN(C(=O)c1ccccc1Cl)N1C(=O)[C@H]2CC=CC[C@@H]2C1=O)c1ccc(Cl)cc1Cl. The molecule has 0 spiro atoms. The number of carbonyl (C=O) groups excluding carboxylic acids is 4. The summed E-state index contributed by atoms with van der Waals surface area (Å²) in [4.78, 5) is 52.8. The first-order valence-corrected chi connectivity index (χ1v) is 11.0. The fourth-order valence-corrected chi connectivity index (χ4v) is 4.70. The lowest BCUT2D eigenvalue weighted by molar-refractivity contribution is -0.154. The van der Waals surface area contributed by atoms with Gasteiger partial charge in [-0.3, -0.25) is 19.2 Å². The van der Waals surface area contributed by atoms with Crippen LogP contribution in [0.15, 0.2) is 54.6 Å². The Morgan fingerprint density at radius 3 is 2.09 bits per heavy atom. The Bertz CT molecular complexity index is 1140. The van der Waals surface area contributed by atoms with E-state index < -0.39 is 41.9 Å². The molecule has 6 nitrogen and oxygen atoms in total. The fraction of sp³-hybridized carbons (Fsp3) is 0.217. The van der Waals surface area contributed by atoms with Crippen LogP contribution in [0, 0.1) is 11.8 Å². The van der Waals surface area contributed by atoms with Crippen LogP contribution in [0.2, 0.25) is 15.1 Å². The summed E-state index contributed by atoms with van der Waals surface area (Å²) in [7, 11) is 0. The van der Waals surface area contributed by atoms with Gasteiger partial charge >= 0.3 is 0 Å². The number of hydrogen-bond donors (Lipinski definition) is 0. The molecule has 2 atom stereocenters. The summed E-state index contributed by atoms with van der Waals surface area (Å²) in [5.41, 5.74) is 0.184. The van der Waals surface area contributed by atoms with Crippen LogP contribution in [0.25, 0.3) is 0 Å². The van der Waals surface area contributed by atoms with Gasteiger partial charge in [-0.1, -0.05) is 59.1 Å². The molecule has 2 aromatic carbocycles. The Labute approximate surface area is 199 Å². The van der Waals surface area contributed by atoms with Crippen LogP contribution < -0.4 is 0 Å². The predicted molar refractivity (Wildman–Crippen MR) is 120 cm³/mol. The third kappa shape index (κ3) is 4.06. The van der Waals surface area contributed by atoms with Gasteiger partial charge in [-0.2, -0.15) is 5.01 Å². The number of fused-ring (bicyclic) bond motifs is 1. The minimum atomic E-state index is -0.734. The van der Waals surface area contributed by atoms with Crippen LogP contribution in [-0.4, -0.2) is 40.1 Å². The van der Waals surface area contributed by atoms with E-state index in [9.17, 15) is 19.2 Å². The van der Waals surface area contributed by atoms with Crippen LogP contribution in [0.1, 0.15) is 33.6 Å². The molecule has 4 rings (SSSR count). The quantitative estimate of drug-likeness (QED) is 0.341. The normalized spacial score (nSPS) is 19.8. The Morgan fingerprint density at radius 2 is 1.50 bits per heavy atom. The molecule has 2 aromatic rings. The van der Waals surface area contributed by atoms with Gasteiger partial charge in [0.15, 0.2) is 5.78 Å². The molecule has 1 fully saturated rings. The van der Waals surface area contributed by atoms with Crippen molar-refractivity contribution in [1.29, 1.82) is 0 Å². The summed E-state index contributed by atoms with van der Waals surface area (Å²) in [5.74, 6) is -3.45. The molecule has 0 bridgehead atoms. The maximum Gasteiger partial charge on any atom is 0.274 e. The molecule has 1 heterocycles. The monoisotopic (exact) mass is 490 g/mol. The molecule has 0 aromatic heterocycles. The minimum absolute atomic E-state index is 0.0674. The number of amides is 3. The molecule has 1 aliphatic carbocycles. The highest BCUT2D eigenvalue weighted by molar-refractivity contribution is 6.37. The van der Waals surface area contributed by atoms with Crippen LogP contribution in [0.5, 0.6) is 0 Å². The molecular formula is C23H17Cl3N2O4. The van der Waals surface area contributed by atoms with Crippen LogP contribution in [-0.2, 0) is 9.59 Å². The summed E-state index contributed by atoms with van der Waals surface area (Å²) in [6.07, 6.45) is 4.48. The Kier molecular flexibility index (Phi) is 6.38. The van der Waals surface area contributed by atoms with Crippen LogP contribution in [0.3, 0.4) is 0 Å². The second-order valence-electron chi connectivity index (χ2n) is 7.53. The first-order chi connectivity index (χ1) is 15.3. The average Bonchev–Trinajstić information content (AvgIpc) is 3.02. The topological polar surface area (TPSA) is 74.8 Å². The van der Waals surface area contributed by atoms with E-state index in [0.717, 1.165) is 10.0 Å². The highest BCUT2D eigenvalue weighted by Crippen LogP contribution is 2.36. The van der Waals surface area contributed by atoms with E-state index >= 15 is 0 Å². The first-order valence-electron chi connectivity index (χ1n) is 9.87. The van der Waals surface area contributed by atoms with Crippen molar-refractivity contribution < 1.29 is 19.2 Å². The number of hydrogen-bond acceptors (Lipinski definition) is 4. The lowest BCUT2D eigenvalue weighted by Crippen LogP contribution is -2.52. The summed E-state index contributed by atoms with van der Waals surface area (Å²) in [5, 5.41) is 2.26. The van der Waals surface area contributed by atoms with E-state index in [1.165, 1.54) is 30.3 Å². The molecular weight excluding hydrogens is 475 g/mol. The number of allylic oxidation sites excluding steroid dienone is 2. The lowest BCUT2D eigenvalue weighted by atomic mass is 9.85. The van der Waals surface area contributed by atoms with Gasteiger partial charge in [-0.05, 0) is 43.2 Å². The van der Waals surface area contributed by atoms with Gasteiger partial charge < -0.3 is 0 Å². The molecule has 1 aliphatic heterocycles. The number of ketones is 1. The van der Waals surface area contributed by atoms with E-state index in [2.05, 4.69) is 0 Å². The van der Waals surface area contributed by atoms with Crippen molar-refractivity contribution in [1.82, 2.24) is 10.0 Å². The zero-order valence-electron chi connectivity index (χ0n) is 16.6. The second-order valence-corrected chi connectivity index (χ2v) is 8.78.